The van der Waals surface area contributed by atoms with Gasteiger partial charge in [0, 0.05) is 23.8 Å². The summed E-state index contributed by atoms with van der Waals surface area (Å²) in [6, 6.07) is 3.99. The highest BCUT2D eigenvalue weighted by atomic mass is 16.5. The molecule has 1 aliphatic carbocycles. The lowest BCUT2D eigenvalue weighted by Crippen LogP contribution is -2.33. The Morgan fingerprint density at radius 1 is 1.05 bits per heavy atom. The van der Waals surface area contributed by atoms with Gasteiger partial charge in [0.25, 0.3) is 0 Å². The molecule has 0 aliphatic heterocycles. The van der Waals surface area contributed by atoms with Crippen molar-refractivity contribution in [2.45, 2.75) is 37.8 Å². The number of nitrogens with two attached hydrogens (primary N) is 1. The minimum absolute atomic E-state index is 0.287. The number of rotatable bonds is 5. The second-order valence-corrected chi connectivity index (χ2v) is 5.16. The monoisotopic (exact) mass is 265 g/mol. The van der Waals surface area contributed by atoms with E-state index in [2.05, 4.69) is 0 Å². The van der Waals surface area contributed by atoms with Crippen LogP contribution in [0.25, 0.3) is 0 Å². The van der Waals surface area contributed by atoms with Crippen LogP contribution in [0.4, 0.5) is 0 Å². The molecule has 1 saturated carbocycles. The minimum atomic E-state index is -0.287. The summed E-state index contributed by atoms with van der Waals surface area (Å²) in [4.78, 5) is 0. The van der Waals surface area contributed by atoms with Crippen LogP contribution in [0.3, 0.4) is 0 Å². The van der Waals surface area contributed by atoms with Crippen LogP contribution in [0.2, 0.25) is 0 Å². The number of benzene rings is 1. The molecule has 0 amide bonds. The van der Waals surface area contributed by atoms with Gasteiger partial charge < -0.3 is 19.9 Å². The number of hydrogen-bond donors (Lipinski definition) is 1. The third-order valence-corrected chi connectivity index (χ3v) is 3.93. The molecule has 4 nitrogen and oxygen atoms in total. The van der Waals surface area contributed by atoms with Crippen LogP contribution >= 0.6 is 0 Å². The van der Waals surface area contributed by atoms with Gasteiger partial charge in [-0.05, 0) is 25.0 Å². The summed E-state index contributed by atoms with van der Waals surface area (Å²) in [6.07, 6.45) is 4.33. The summed E-state index contributed by atoms with van der Waals surface area (Å²) in [5.41, 5.74) is 8.27. The van der Waals surface area contributed by atoms with Gasteiger partial charge in [-0.1, -0.05) is 12.8 Å². The molecule has 2 N–H and O–H groups in total. The minimum Gasteiger partial charge on any atom is -0.496 e. The Hall–Kier alpha value is -1.26. The molecule has 0 atom stereocenters. The average molecular weight is 265 g/mol. The summed E-state index contributed by atoms with van der Waals surface area (Å²) < 4.78 is 16.2. The third kappa shape index (κ3) is 2.69. The lowest BCUT2D eigenvalue weighted by Gasteiger charge is -2.27. The van der Waals surface area contributed by atoms with Crippen molar-refractivity contribution in [2.24, 2.45) is 5.73 Å². The van der Waals surface area contributed by atoms with Crippen LogP contribution in [0.5, 0.6) is 11.5 Å². The van der Waals surface area contributed by atoms with E-state index in [0.717, 1.165) is 35.5 Å². The predicted octanol–water partition coefficient (Wildman–Crippen LogP) is 2.58. The van der Waals surface area contributed by atoms with E-state index in [1.165, 1.54) is 12.8 Å². The van der Waals surface area contributed by atoms with Gasteiger partial charge in [-0.25, -0.2) is 0 Å². The van der Waals surface area contributed by atoms with Crippen molar-refractivity contribution >= 4 is 0 Å². The molecule has 106 valence electrons. The zero-order valence-corrected chi connectivity index (χ0v) is 12.0. The van der Waals surface area contributed by atoms with Crippen LogP contribution < -0.4 is 15.2 Å². The fourth-order valence-electron chi connectivity index (χ4n) is 2.89. The van der Waals surface area contributed by atoms with Crippen molar-refractivity contribution in [3.8, 4) is 11.5 Å². The van der Waals surface area contributed by atoms with Crippen molar-refractivity contribution in [3.05, 3.63) is 23.3 Å². The van der Waals surface area contributed by atoms with E-state index in [0.29, 0.717) is 6.61 Å². The number of ether oxygens (including phenoxy) is 3. The van der Waals surface area contributed by atoms with E-state index < -0.39 is 0 Å². The number of hydrogen-bond acceptors (Lipinski definition) is 4. The second-order valence-electron chi connectivity index (χ2n) is 5.16. The van der Waals surface area contributed by atoms with Gasteiger partial charge in [0.2, 0.25) is 0 Å². The van der Waals surface area contributed by atoms with Crippen LogP contribution in [0.15, 0.2) is 12.1 Å². The summed E-state index contributed by atoms with van der Waals surface area (Å²) >= 11 is 0. The Morgan fingerprint density at radius 2 is 1.68 bits per heavy atom. The Bertz CT molecular complexity index is 439. The molecule has 0 bridgehead atoms. The van der Waals surface area contributed by atoms with Crippen molar-refractivity contribution in [1.82, 2.24) is 0 Å². The highest BCUT2D eigenvalue weighted by Gasteiger charge is 2.34. The van der Waals surface area contributed by atoms with Gasteiger partial charge in [-0.15, -0.1) is 0 Å². The Labute approximate surface area is 114 Å². The normalized spacial score (nSPS) is 17.5. The van der Waals surface area contributed by atoms with E-state index in [1.807, 2.05) is 12.1 Å². The molecule has 2 rings (SSSR count). The van der Waals surface area contributed by atoms with Crippen LogP contribution in [0, 0.1) is 0 Å². The van der Waals surface area contributed by atoms with E-state index in [4.69, 9.17) is 19.9 Å². The Balaban J connectivity index is 2.47. The van der Waals surface area contributed by atoms with E-state index in [1.54, 1.807) is 21.3 Å². The highest BCUT2D eigenvalue weighted by molar-refractivity contribution is 5.49. The van der Waals surface area contributed by atoms with Crippen molar-refractivity contribution < 1.29 is 14.2 Å². The first kappa shape index (κ1) is 14.2. The molecule has 1 aromatic carbocycles. The molecule has 1 aliphatic rings. The Kier molecular flexibility index (Phi) is 4.32. The molecular weight excluding hydrogens is 242 g/mol. The predicted molar refractivity (Wildman–Crippen MR) is 74.6 cm³/mol. The molecular formula is C15H23NO3. The maximum Gasteiger partial charge on any atom is 0.124 e. The molecule has 1 aromatic rings. The van der Waals surface area contributed by atoms with Gasteiger partial charge >= 0.3 is 0 Å². The highest BCUT2D eigenvalue weighted by Crippen LogP contribution is 2.43. The SMILES string of the molecule is COCc1cc(OC)c(C2(N)CCCC2)cc1OC. The smallest absolute Gasteiger partial charge is 0.124 e. The van der Waals surface area contributed by atoms with Crippen LogP contribution in [-0.4, -0.2) is 21.3 Å². The van der Waals surface area contributed by atoms with Gasteiger partial charge in [-0.2, -0.15) is 0 Å². The van der Waals surface area contributed by atoms with Crippen LogP contribution in [0.1, 0.15) is 36.8 Å². The van der Waals surface area contributed by atoms with Gasteiger partial charge in [0.05, 0.1) is 20.8 Å². The Morgan fingerprint density at radius 3 is 2.21 bits per heavy atom. The molecule has 4 heteroatoms. The standard InChI is InChI=1S/C15H23NO3/c1-17-10-11-8-14(19-3)12(9-13(11)18-2)15(16)6-4-5-7-15/h8-9H,4-7,10,16H2,1-3H3. The van der Waals surface area contributed by atoms with Gasteiger partial charge in [-0.3, -0.25) is 0 Å². The lowest BCUT2D eigenvalue weighted by atomic mass is 9.87. The molecule has 0 aromatic heterocycles. The fraction of sp³-hybridized carbons (Fsp3) is 0.600. The van der Waals surface area contributed by atoms with Gasteiger partial charge in [0.1, 0.15) is 11.5 Å². The molecule has 19 heavy (non-hydrogen) atoms. The van der Waals surface area contributed by atoms with Gasteiger partial charge in [0.15, 0.2) is 0 Å². The van der Waals surface area contributed by atoms with E-state index >= 15 is 0 Å². The van der Waals surface area contributed by atoms with Crippen molar-refractivity contribution in [2.75, 3.05) is 21.3 Å². The molecule has 0 spiro atoms. The summed E-state index contributed by atoms with van der Waals surface area (Å²) in [5.74, 6) is 1.65. The third-order valence-electron chi connectivity index (χ3n) is 3.93. The molecule has 0 saturated heterocycles. The maximum absolute atomic E-state index is 6.54. The average Bonchev–Trinajstić information content (AvgIpc) is 2.86. The summed E-state index contributed by atoms with van der Waals surface area (Å²) in [6.45, 7) is 0.497. The summed E-state index contributed by atoms with van der Waals surface area (Å²) in [7, 11) is 5.02. The van der Waals surface area contributed by atoms with Crippen LogP contribution in [-0.2, 0) is 16.9 Å². The quantitative estimate of drug-likeness (QED) is 0.889. The second kappa shape index (κ2) is 5.80. The maximum atomic E-state index is 6.54. The first-order valence-electron chi connectivity index (χ1n) is 6.68. The lowest BCUT2D eigenvalue weighted by molar-refractivity contribution is 0.181. The largest absolute Gasteiger partial charge is 0.496 e. The fourth-order valence-corrected chi connectivity index (χ4v) is 2.89. The first-order valence-corrected chi connectivity index (χ1v) is 6.68. The topological polar surface area (TPSA) is 53.7 Å². The molecule has 1 fully saturated rings. The van der Waals surface area contributed by atoms with Crippen molar-refractivity contribution in [3.63, 3.8) is 0 Å². The van der Waals surface area contributed by atoms with Crippen molar-refractivity contribution in [1.29, 1.82) is 0 Å². The summed E-state index contributed by atoms with van der Waals surface area (Å²) in [5, 5.41) is 0. The van der Waals surface area contributed by atoms with E-state index in [9.17, 15) is 0 Å². The number of methoxy groups -OCH3 is 3. The molecule has 0 heterocycles. The molecule has 0 unspecified atom stereocenters. The zero-order valence-electron chi connectivity index (χ0n) is 12.0. The molecule has 0 radical (unpaired) electrons. The van der Waals surface area contributed by atoms with E-state index in [-0.39, 0.29) is 5.54 Å². The first-order chi connectivity index (χ1) is 9.14. The zero-order chi connectivity index (χ0) is 13.9.